The van der Waals surface area contributed by atoms with E-state index in [0.717, 1.165) is 58.7 Å². The second-order valence-corrected chi connectivity index (χ2v) is 38.4. The lowest BCUT2D eigenvalue weighted by Gasteiger charge is -2.33. The van der Waals surface area contributed by atoms with Gasteiger partial charge in [0, 0.05) is 170 Å². The number of nitrogens with two attached hydrogens (primary N) is 1. The van der Waals surface area contributed by atoms with Gasteiger partial charge in [0.25, 0.3) is 23.6 Å². The Morgan fingerprint density at radius 1 is 0.363 bits per heavy atom. The van der Waals surface area contributed by atoms with E-state index in [2.05, 4.69) is 40.9 Å². The van der Waals surface area contributed by atoms with Crippen LogP contribution in [0.25, 0.3) is 44.5 Å². The summed E-state index contributed by atoms with van der Waals surface area (Å²) in [6, 6.07) is 63.9. The van der Waals surface area contributed by atoms with Crippen LogP contribution in [0.1, 0.15) is 78.2 Å². The number of nitrogens with zero attached hydrogens (tertiary/aromatic N) is 10. The molecule has 4 saturated heterocycles. The Hall–Kier alpha value is -11.6. The Labute approximate surface area is 740 Å². The maximum absolute atomic E-state index is 12.8. The third-order valence-corrected chi connectivity index (χ3v) is 29.1. The second kappa shape index (κ2) is 39.1. The molecule has 4 aliphatic heterocycles. The quantitative estimate of drug-likeness (QED) is 0.0519. The van der Waals surface area contributed by atoms with Gasteiger partial charge in [0.2, 0.25) is 0 Å². The molecule has 12 aromatic rings. The van der Waals surface area contributed by atoms with Crippen LogP contribution >= 0.6 is 46.4 Å². The van der Waals surface area contributed by atoms with Crippen molar-refractivity contribution >= 4 is 173 Å². The van der Waals surface area contributed by atoms with Gasteiger partial charge < -0.3 is 27.0 Å². The molecule has 4 aliphatic rings. The number of anilines is 9. The normalized spacial score (nSPS) is 16.0. The van der Waals surface area contributed by atoms with Crippen molar-refractivity contribution in [3.63, 3.8) is 0 Å². The smallest absolute Gasteiger partial charge is 0.303 e. The molecule has 0 atom stereocenters. The number of fused-ring (bicyclic) bond motifs is 1. The van der Waals surface area contributed by atoms with Crippen LogP contribution in [0.2, 0.25) is 20.1 Å². The lowest BCUT2D eigenvalue weighted by atomic mass is 10.1. The largest absolute Gasteiger partial charge is 0.398 e. The number of rotatable bonds is 15. The summed E-state index contributed by atoms with van der Waals surface area (Å²) in [6.45, 7) is 7.50. The third kappa shape index (κ3) is 21.2. The summed E-state index contributed by atoms with van der Waals surface area (Å²) < 4.78 is 111. The first-order valence-corrected chi connectivity index (χ1v) is 46.2. The molecule has 3 aromatic heterocycles. The zero-order valence-corrected chi connectivity index (χ0v) is 74.0. The molecule has 0 spiro atoms. The number of pyridine rings is 3. The van der Waals surface area contributed by atoms with Crippen molar-refractivity contribution in [1.29, 1.82) is 0 Å². The molecule has 0 unspecified atom stereocenters. The number of benzene rings is 9. The molecule has 0 saturated carbocycles. The topological polar surface area (TPSA) is 352 Å². The molecule has 9 aromatic carbocycles. The molecule has 124 heavy (non-hydrogen) atoms. The number of nitrogen functional groups attached to an aromatic ring is 1. The fourth-order valence-corrected chi connectivity index (χ4v) is 20.2. The number of aromatic nitrogens is 3. The van der Waals surface area contributed by atoms with Crippen LogP contribution in [-0.2, 0) is 40.8 Å². The molecular formula is C88H86Cl4N16O12S4. The Morgan fingerprint density at radius 2 is 0.694 bits per heavy atom. The minimum absolute atomic E-state index is 0.277. The number of carbonyl (C=O) groups is 4. The summed E-state index contributed by atoms with van der Waals surface area (Å²) in [7, 11) is -9.42. The molecule has 0 bridgehead atoms. The Kier molecular flexibility index (Phi) is 28.4. The van der Waals surface area contributed by atoms with E-state index in [0.29, 0.717) is 169 Å². The van der Waals surface area contributed by atoms with E-state index in [4.69, 9.17) is 52.1 Å². The van der Waals surface area contributed by atoms with E-state index < -0.39 is 40.8 Å². The van der Waals surface area contributed by atoms with Crippen molar-refractivity contribution in [3.05, 3.63) is 297 Å². The maximum Gasteiger partial charge on any atom is 0.303 e. The third-order valence-electron chi connectivity index (χ3n) is 20.6. The highest BCUT2D eigenvalue weighted by atomic mass is 35.5. The Balaban J connectivity index is 0.000000142. The van der Waals surface area contributed by atoms with E-state index in [1.165, 1.54) is 36.3 Å². The van der Waals surface area contributed by atoms with Gasteiger partial charge in [-0.3, -0.25) is 51.4 Å². The number of carbonyl (C=O) groups excluding carboxylic acids is 4. The van der Waals surface area contributed by atoms with E-state index >= 15 is 0 Å². The predicted molar refractivity (Wildman–Crippen MR) is 494 cm³/mol. The summed E-state index contributed by atoms with van der Waals surface area (Å²) in [5, 5.41) is 15.3. The van der Waals surface area contributed by atoms with Gasteiger partial charge in [0.05, 0.1) is 59.9 Å². The minimum Gasteiger partial charge on any atom is -0.398 e. The molecule has 7 N–H and O–H groups in total. The number of hydrogen-bond acceptors (Lipinski definition) is 16. The highest BCUT2D eigenvalue weighted by Gasteiger charge is 2.35. The lowest BCUT2D eigenvalue weighted by Crippen LogP contribution is -2.47. The monoisotopic (exact) mass is 1830 g/mol. The summed E-state index contributed by atoms with van der Waals surface area (Å²) in [5.74, 6) is -1.21. The van der Waals surface area contributed by atoms with Gasteiger partial charge in [-0.25, -0.2) is 0 Å². The number of hydrogen-bond donors (Lipinski definition) is 6. The van der Waals surface area contributed by atoms with E-state index in [1.54, 1.807) is 197 Å². The molecule has 4 fully saturated rings. The number of aryl methyl sites for hydroxylation is 2. The van der Waals surface area contributed by atoms with Gasteiger partial charge in [-0.05, 0) is 239 Å². The molecule has 0 radical (unpaired) electrons. The van der Waals surface area contributed by atoms with Gasteiger partial charge in [-0.15, -0.1) is 0 Å². The van der Waals surface area contributed by atoms with Crippen LogP contribution in [-0.4, -0.2) is 159 Å². The fraction of sp³-hybridized carbons (Fsp3) is 0.193. The summed E-state index contributed by atoms with van der Waals surface area (Å²) in [6.07, 6.45) is 8.00. The van der Waals surface area contributed by atoms with Crippen molar-refractivity contribution in [2.75, 3.05) is 118 Å². The molecule has 28 nitrogen and oxygen atoms in total. The molecule has 4 amide bonds. The average molecular weight is 1830 g/mol. The highest BCUT2D eigenvalue weighted by Crippen LogP contribution is 2.36. The zero-order chi connectivity index (χ0) is 88.4. The Bertz CT molecular complexity index is 5970. The van der Waals surface area contributed by atoms with Crippen LogP contribution < -0.4 is 48.9 Å². The van der Waals surface area contributed by atoms with Crippen molar-refractivity contribution < 1.29 is 52.8 Å². The summed E-state index contributed by atoms with van der Waals surface area (Å²) >= 11 is 24.9. The molecule has 7 heterocycles. The minimum atomic E-state index is -3.54. The van der Waals surface area contributed by atoms with Crippen LogP contribution in [0, 0.1) is 13.8 Å². The van der Waals surface area contributed by atoms with Crippen molar-refractivity contribution in [1.82, 2.24) is 32.6 Å². The molecule has 0 aliphatic carbocycles. The van der Waals surface area contributed by atoms with Crippen LogP contribution in [0.5, 0.6) is 0 Å². The summed E-state index contributed by atoms with van der Waals surface area (Å²) in [4.78, 5) is 64.0. The van der Waals surface area contributed by atoms with Crippen LogP contribution in [0.3, 0.4) is 0 Å². The van der Waals surface area contributed by atoms with Gasteiger partial charge in [0.15, 0.2) is 0 Å². The number of amides is 4. The molecular weight excluding hydrogens is 1740 g/mol. The van der Waals surface area contributed by atoms with E-state index in [9.17, 15) is 52.8 Å². The maximum atomic E-state index is 12.8. The number of nitrogens with one attached hydrogen (secondary N) is 5. The first kappa shape index (κ1) is 90.1. The number of halogens is 4. The van der Waals surface area contributed by atoms with E-state index in [1.807, 2.05) is 74.5 Å². The SMILES string of the molecule is CN1CCCN(c2ccc(C(=O)Nc3ccc(Cl)c(-c4ccc(Cl)cn4)c3)cc2)S1(=O)=O.Cc1ccc(-c2cc(NC(=O)c3ccc(N4CCCN(C)S4(=O)=O)cc3)ccc2Cl)nc1.Cc1ccc(-c2cc(NC(=O)c3ccc(N4CCCN(C)S4(=O)=O)cc3)ccc2Cl)nc1.Nc1cccc2c(NC(=O)c3ccc(N4CCCNS4(=O)=O)cc3)cccc12. The van der Waals surface area contributed by atoms with Gasteiger partial charge in [-0.2, -0.15) is 51.3 Å². The molecule has 642 valence electrons. The first-order valence-electron chi connectivity index (χ1n) is 39.0. The van der Waals surface area contributed by atoms with Crippen molar-refractivity contribution in [2.45, 2.75) is 39.5 Å². The lowest BCUT2D eigenvalue weighted by molar-refractivity contribution is 0.101. The van der Waals surface area contributed by atoms with Gasteiger partial charge in [0.1, 0.15) is 0 Å². The molecule has 36 heteroatoms. The standard InChI is InChI=1S/2C23H23ClN4O3S.C22H20Cl2N4O3S.C20H20N4O3S/c2*1-16-4-11-22(25-15-16)20-14-18(7-10-21(20)24)26-23(29)17-5-8-19(9-6-17)28-13-3-12-27(2)32(28,30)31;1-27-11-2-12-28(32(27,30)31)18-7-3-15(4-8-18)22(29)26-17-6-9-20(24)19(13-17)21-10-5-16(23)14-25-21;21-18-6-1-5-17-16(18)4-2-7-19(17)23-20(25)14-8-10-15(11-9-14)24-13-3-12-22-28(24,26)27/h2*4-11,14-15H,3,12-13H2,1-2H3,(H,26,29);3-10,13-14H,2,11-12H2,1H3,(H,26,29);1-2,4-11,22H,3,12-13,21H2,(H,23,25). The summed E-state index contributed by atoms with van der Waals surface area (Å²) in [5.41, 5.74) is 19.1. The van der Waals surface area contributed by atoms with Crippen molar-refractivity contribution in [2.24, 2.45) is 0 Å². The van der Waals surface area contributed by atoms with E-state index in [-0.39, 0.29) is 23.6 Å². The predicted octanol–water partition coefficient (Wildman–Crippen LogP) is 16.1. The van der Waals surface area contributed by atoms with Crippen LogP contribution in [0.4, 0.5) is 51.2 Å². The fourth-order valence-electron chi connectivity index (χ4n) is 13.7. The van der Waals surface area contributed by atoms with Crippen molar-refractivity contribution in [3.8, 4) is 33.8 Å². The average Bonchev–Trinajstić information content (AvgIpc) is 0.788. The highest BCUT2D eigenvalue weighted by molar-refractivity contribution is 7.91. The Morgan fingerprint density at radius 3 is 1.04 bits per heavy atom. The van der Waals surface area contributed by atoms with Gasteiger partial charge >= 0.3 is 40.8 Å². The first-order chi connectivity index (χ1) is 59.2. The second-order valence-electron chi connectivity index (χ2n) is 29.2. The molecule has 16 rings (SSSR count). The van der Waals surface area contributed by atoms with Crippen LogP contribution in [0.15, 0.2) is 243 Å². The zero-order valence-electron chi connectivity index (χ0n) is 67.7. The van der Waals surface area contributed by atoms with Gasteiger partial charge in [-0.1, -0.05) is 82.8 Å².